The minimum atomic E-state index is -0.0969. The Morgan fingerprint density at radius 3 is 2.28 bits per heavy atom. The lowest BCUT2D eigenvalue weighted by atomic mass is 9.65. The Hall–Kier alpha value is -2.37. The highest BCUT2D eigenvalue weighted by molar-refractivity contribution is 5.88. The number of ether oxygens (including phenoxy) is 2. The standard InChI is InChI=1S/C27H37NO4/c1-18-24(15-8-20-6-11-22(12-7-20)28-19(2)30)32-25(16-17-29)26(18)27(3,4)21-9-13-23(31-5)14-10-21/h6-7,9-14,18,24-26,29H,8,15-17H2,1-5H3,(H,28,30)/t18-,24+,25-,26+/m0/s1. The molecule has 32 heavy (non-hydrogen) atoms. The number of methoxy groups -OCH3 is 1. The van der Waals surface area contributed by atoms with Crippen molar-refractivity contribution in [2.45, 2.75) is 64.6 Å². The number of hydrogen-bond acceptors (Lipinski definition) is 4. The molecule has 3 rings (SSSR count). The summed E-state index contributed by atoms with van der Waals surface area (Å²) in [5.41, 5.74) is 3.21. The van der Waals surface area contributed by atoms with Gasteiger partial charge in [0.2, 0.25) is 5.91 Å². The number of benzene rings is 2. The largest absolute Gasteiger partial charge is 0.497 e. The van der Waals surface area contributed by atoms with Gasteiger partial charge in [0.1, 0.15) is 5.75 Å². The van der Waals surface area contributed by atoms with Gasteiger partial charge in [-0.05, 0) is 71.9 Å². The average Bonchev–Trinajstić information content (AvgIpc) is 3.08. The van der Waals surface area contributed by atoms with E-state index < -0.39 is 0 Å². The zero-order valence-corrected chi connectivity index (χ0v) is 19.9. The first-order valence-corrected chi connectivity index (χ1v) is 11.5. The van der Waals surface area contributed by atoms with Crippen molar-refractivity contribution in [2.24, 2.45) is 11.8 Å². The molecule has 0 saturated carbocycles. The van der Waals surface area contributed by atoms with Crippen LogP contribution in [0.15, 0.2) is 48.5 Å². The van der Waals surface area contributed by atoms with Crippen LogP contribution in [0.25, 0.3) is 0 Å². The van der Waals surface area contributed by atoms with Gasteiger partial charge < -0.3 is 19.9 Å². The number of carbonyl (C=O) groups excluding carboxylic acids is 1. The number of rotatable bonds is 9. The second kappa shape index (κ2) is 10.5. The van der Waals surface area contributed by atoms with Gasteiger partial charge in [0.15, 0.2) is 0 Å². The topological polar surface area (TPSA) is 67.8 Å². The summed E-state index contributed by atoms with van der Waals surface area (Å²) < 4.78 is 11.9. The molecule has 1 amide bonds. The van der Waals surface area contributed by atoms with Crippen molar-refractivity contribution >= 4 is 11.6 Å². The molecule has 0 aliphatic carbocycles. The highest BCUT2D eigenvalue weighted by Gasteiger charge is 2.48. The van der Waals surface area contributed by atoms with Crippen molar-refractivity contribution in [1.29, 1.82) is 0 Å². The molecule has 1 heterocycles. The van der Waals surface area contributed by atoms with E-state index in [2.05, 4.69) is 50.4 Å². The van der Waals surface area contributed by atoms with Gasteiger partial charge in [-0.1, -0.05) is 45.0 Å². The van der Waals surface area contributed by atoms with Crippen LogP contribution in [0.4, 0.5) is 5.69 Å². The maximum atomic E-state index is 11.2. The Labute approximate surface area is 192 Å². The van der Waals surface area contributed by atoms with Crippen molar-refractivity contribution in [1.82, 2.24) is 0 Å². The molecule has 1 saturated heterocycles. The number of nitrogens with one attached hydrogen (secondary N) is 1. The minimum Gasteiger partial charge on any atom is -0.497 e. The van der Waals surface area contributed by atoms with E-state index in [1.165, 1.54) is 18.1 Å². The molecule has 1 aliphatic heterocycles. The Morgan fingerprint density at radius 2 is 1.72 bits per heavy atom. The van der Waals surface area contributed by atoms with E-state index in [-0.39, 0.29) is 30.1 Å². The minimum absolute atomic E-state index is 0.0271. The van der Waals surface area contributed by atoms with E-state index in [4.69, 9.17) is 9.47 Å². The summed E-state index contributed by atoms with van der Waals surface area (Å²) in [4.78, 5) is 11.2. The van der Waals surface area contributed by atoms with Crippen molar-refractivity contribution < 1.29 is 19.4 Å². The van der Waals surface area contributed by atoms with E-state index in [1.54, 1.807) is 7.11 Å². The summed E-state index contributed by atoms with van der Waals surface area (Å²) in [6, 6.07) is 16.3. The van der Waals surface area contributed by atoms with Crippen LogP contribution < -0.4 is 10.1 Å². The number of carbonyl (C=O) groups is 1. The number of hydrogen-bond donors (Lipinski definition) is 2. The first-order valence-electron chi connectivity index (χ1n) is 11.5. The molecule has 0 spiro atoms. The first kappa shape index (κ1) is 24.3. The van der Waals surface area contributed by atoms with Gasteiger partial charge in [-0.25, -0.2) is 0 Å². The summed E-state index contributed by atoms with van der Waals surface area (Å²) in [5.74, 6) is 1.46. The van der Waals surface area contributed by atoms with E-state index >= 15 is 0 Å². The zero-order valence-electron chi connectivity index (χ0n) is 19.9. The van der Waals surface area contributed by atoms with Crippen LogP contribution in [-0.2, 0) is 21.4 Å². The number of aryl methyl sites for hydroxylation is 1. The third-order valence-corrected chi connectivity index (χ3v) is 6.98. The van der Waals surface area contributed by atoms with Crippen LogP contribution in [0.2, 0.25) is 0 Å². The Balaban J connectivity index is 1.71. The van der Waals surface area contributed by atoms with Crippen LogP contribution in [0, 0.1) is 11.8 Å². The molecule has 2 aromatic rings. The number of amides is 1. The molecule has 0 unspecified atom stereocenters. The Bertz CT molecular complexity index is 876. The lowest BCUT2D eigenvalue weighted by molar-refractivity contribution is -0.114. The fourth-order valence-electron chi connectivity index (χ4n) is 5.31. The highest BCUT2D eigenvalue weighted by Crippen LogP contribution is 2.47. The van der Waals surface area contributed by atoms with Gasteiger partial charge in [0, 0.05) is 19.2 Å². The van der Waals surface area contributed by atoms with E-state index in [1.807, 2.05) is 24.3 Å². The Kier molecular flexibility index (Phi) is 7.96. The predicted molar refractivity (Wildman–Crippen MR) is 128 cm³/mol. The fraction of sp³-hybridized carbons (Fsp3) is 0.519. The maximum absolute atomic E-state index is 11.2. The average molecular weight is 440 g/mol. The normalized spacial score (nSPS) is 23.2. The summed E-state index contributed by atoms with van der Waals surface area (Å²) in [7, 11) is 1.68. The van der Waals surface area contributed by atoms with Crippen molar-refractivity contribution in [2.75, 3.05) is 19.0 Å². The molecule has 0 bridgehead atoms. The first-order chi connectivity index (χ1) is 15.3. The van der Waals surface area contributed by atoms with Crippen molar-refractivity contribution in [3.8, 4) is 5.75 Å². The summed E-state index contributed by atoms with van der Waals surface area (Å²) in [6.45, 7) is 8.50. The molecular formula is C27H37NO4. The third kappa shape index (κ3) is 5.51. The van der Waals surface area contributed by atoms with Gasteiger partial charge in [0.05, 0.1) is 19.3 Å². The lowest BCUT2D eigenvalue weighted by Crippen LogP contribution is -2.38. The molecule has 2 N–H and O–H groups in total. The van der Waals surface area contributed by atoms with Crippen LogP contribution in [-0.4, -0.2) is 36.9 Å². The molecule has 0 aromatic heterocycles. The van der Waals surface area contributed by atoms with Crippen LogP contribution >= 0.6 is 0 Å². The van der Waals surface area contributed by atoms with E-state index in [0.29, 0.717) is 18.3 Å². The summed E-state index contributed by atoms with van der Waals surface area (Å²) in [5, 5.41) is 12.5. The second-order valence-corrected chi connectivity index (χ2v) is 9.48. The zero-order chi connectivity index (χ0) is 23.3. The fourth-order valence-corrected chi connectivity index (χ4v) is 5.31. The van der Waals surface area contributed by atoms with E-state index in [9.17, 15) is 9.90 Å². The molecule has 0 radical (unpaired) electrons. The van der Waals surface area contributed by atoms with Crippen LogP contribution in [0.3, 0.4) is 0 Å². The summed E-state index contributed by atoms with van der Waals surface area (Å²) >= 11 is 0. The Morgan fingerprint density at radius 1 is 1.06 bits per heavy atom. The van der Waals surface area contributed by atoms with Crippen molar-refractivity contribution in [3.05, 3.63) is 59.7 Å². The second-order valence-electron chi connectivity index (χ2n) is 9.48. The third-order valence-electron chi connectivity index (χ3n) is 6.98. The SMILES string of the molecule is COc1ccc(C(C)(C)[C@@H]2[C@@H](C)[C@@H](CCc3ccc(NC(C)=O)cc3)O[C@H]2CCO)cc1. The molecular weight excluding hydrogens is 402 g/mol. The molecule has 1 fully saturated rings. The summed E-state index contributed by atoms with van der Waals surface area (Å²) in [6.07, 6.45) is 2.66. The van der Waals surface area contributed by atoms with Crippen LogP contribution in [0.1, 0.15) is 51.7 Å². The van der Waals surface area contributed by atoms with E-state index in [0.717, 1.165) is 24.3 Å². The molecule has 4 atom stereocenters. The molecule has 2 aromatic carbocycles. The number of aliphatic hydroxyl groups is 1. The van der Waals surface area contributed by atoms with Gasteiger partial charge in [-0.2, -0.15) is 0 Å². The quantitative estimate of drug-likeness (QED) is 0.579. The van der Waals surface area contributed by atoms with Gasteiger partial charge in [-0.3, -0.25) is 4.79 Å². The van der Waals surface area contributed by atoms with Gasteiger partial charge in [-0.15, -0.1) is 0 Å². The predicted octanol–water partition coefficient (Wildman–Crippen LogP) is 4.97. The molecule has 174 valence electrons. The smallest absolute Gasteiger partial charge is 0.221 e. The van der Waals surface area contributed by atoms with Crippen LogP contribution in [0.5, 0.6) is 5.75 Å². The number of aliphatic hydroxyl groups excluding tert-OH is 1. The highest BCUT2D eigenvalue weighted by atomic mass is 16.5. The van der Waals surface area contributed by atoms with Gasteiger partial charge >= 0.3 is 0 Å². The maximum Gasteiger partial charge on any atom is 0.221 e. The molecule has 5 nitrogen and oxygen atoms in total. The monoisotopic (exact) mass is 439 g/mol. The van der Waals surface area contributed by atoms with Crippen molar-refractivity contribution in [3.63, 3.8) is 0 Å². The molecule has 5 heteroatoms. The number of anilines is 1. The van der Waals surface area contributed by atoms with Gasteiger partial charge in [0.25, 0.3) is 0 Å². The lowest BCUT2D eigenvalue weighted by Gasteiger charge is -2.38. The molecule has 1 aliphatic rings.